The molecule has 206 valence electrons. The number of piperazine rings is 1. The number of aromatic amines is 1. The van der Waals surface area contributed by atoms with Crippen molar-refractivity contribution in [3.05, 3.63) is 52.5 Å². The number of hydrogen-bond acceptors (Lipinski definition) is 8. The van der Waals surface area contributed by atoms with Gasteiger partial charge in [0, 0.05) is 54.3 Å². The van der Waals surface area contributed by atoms with Crippen molar-refractivity contribution in [2.75, 3.05) is 31.1 Å². The third-order valence-corrected chi connectivity index (χ3v) is 7.90. The van der Waals surface area contributed by atoms with Crippen molar-refractivity contribution >= 4 is 56.7 Å². The Hall–Kier alpha value is -3.83. The molecule has 0 atom stereocenters. The molecule has 1 N–H and O–H groups in total. The Morgan fingerprint density at radius 1 is 1.10 bits per heavy atom. The van der Waals surface area contributed by atoms with Gasteiger partial charge in [-0.15, -0.1) is 11.3 Å². The van der Waals surface area contributed by atoms with Gasteiger partial charge in [-0.1, -0.05) is 17.7 Å². The maximum Gasteiger partial charge on any atom is 0.410 e. The van der Waals surface area contributed by atoms with Gasteiger partial charge in [-0.05, 0) is 45.4 Å². The summed E-state index contributed by atoms with van der Waals surface area (Å²) in [4.78, 5) is 30.7. The van der Waals surface area contributed by atoms with E-state index in [4.69, 9.17) is 21.3 Å². The van der Waals surface area contributed by atoms with Crippen molar-refractivity contribution in [1.82, 2.24) is 30.0 Å². The fourth-order valence-electron chi connectivity index (χ4n) is 4.97. The highest BCUT2D eigenvalue weighted by atomic mass is 35.5. The number of H-pyrrole nitrogens is 1. The zero-order chi connectivity index (χ0) is 28.2. The van der Waals surface area contributed by atoms with Crippen LogP contribution in [0.2, 0.25) is 5.02 Å². The monoisotopic (exact) mass is 579 g/mol. The van der Waals surface area contributed by atoms with E-state index < -0.39 is 11.4 Å². The van der Waals surface area contributed by atoms with Gasteiger partial charge in [0.2, 0.25) is 0 Å². The Labute approximate surface area is 239 Å². The quantitative estimate of drug-likeness (QED) is 0.262. The Kier molecular flexibility index (Phi) is 6.58. The number of thiazole rings is 1. The number of ether oxygens (including phenoxy) is 1. The molecule has 1 aliphatic heterocycles. The van der Waals surface area contributed by atoms with Crippen molar-refractivity contribution in [2.45, 2.75) is 33.3 Å². The first-order valence-corrected chi connectivity index (χ1v) is 14.1. The van der Waals surface area contributed by atoms with Gasteiger partial charge in [0.15, 0.2) is 11.6 Å². The summed E-state index contributed by atoms with van der Waals surface area (Å²) < 4.78 is 22.2. The molecule has 9 nitrogen and oxygen atoms in total. The molecule has 0 unspecified atom stereocenters. The normalized spacial score (nSPS) is 14.3. The Balaban J connectivity index is 1.47. The molecule has 3 aromatic heterocycles. The van der Waals surface area contributed by atoms with Crippen LogP contribution in [-0.4, -0.2) is 67.9 Å². The number of carbonyl (C=O) groups is 1. The molecule has 40 heavy (non-hydrogen) atoms. The fraction of sp³-hybridized carbons (Fsp3) is 0.321. The van der Waals surface area contributed by atoms with Crippen LogP contribution >= 0.6 is 22.9 Å². The van der Waals surface area contributed by atoms with E-state index in [1.165, 1.54) is 11.3 Å². The summed E-state index contributed by atoms with van der Waals surface area (Å²) in [5.74, 6) is 0.411. The van der Waals surface area contributed by atoms with Gasteiger partial charge in [0.25, 0.3) is 0 Å². The van der Waals surface area contributed by atoms with Gasteiger partial charge < -0.3 is 14.5 Å². The minimum atomic E-state index is -0.578. The summed E-state index contributed by atoms with van der Waals surface area (Å²) in [6.07, 6.45) is 2.99. The van der Waals surface area contributed by atoms with Gasteiger partial charge in [-0.25, -0.2) is 19.2 Å². The fourth-order valence-corrected chi connectivity index (χ4v) is 5.81. The van der Waals surface area contributed by atoms with Gasteiger partial charge in [-0.2, -0.15) is 5.10 Å². The van der Waals surface area contributed by atoms with Gasteiger partial charge in [0.05, 0.1) is 27.1 Å². The summed E-state index contributed by atoms with van der Waals surface area (Å²) in [7, 11) is 0. The molecule has 5 aromatic rings. The van der Waals surface area contributed by atoms with E-state index >= 15 is 4.39 Å². The number of rotatable bonds is 3. The predicted molar refractivity (Wildman–Crippen MR) is 155 cm³/mol. The highest BCUT2D eigenvalue weighted by Crippen LogP contribution is 2.42. The molecular weight excluding hydrogens is 553 g/mol. The maximum absolute atomic E-state index is 16.6. The van der Waals surface area contributed by atoms with Crippen LogP contribution in [0.25, 0.3) is 43.6 Å². The topological polar surface area (TPSA) is 100 Å². The second kappa shape index (κ2) is 9.97. The van der Waals surface area contributed by atoms with Crippen LogP contribution in [0.15, 0.2) is 36.1 Å². The van der Waals surface area contributed by atoms with Crippen molar-refractivity contribution in [1.29, 1.82) is 0 Å². The summed E-state index contributed by atoms with van der Waals surface area (Å²) in [6, 6.07) is 5.56. The Bertz CT molecular complexity index is 1740. The summed E-state index contributed by atoms with van der Waals surface area (Å²) >= 11 is 8.22. The SMILES string of the molecule is Cc1ccc2[nH]ncc2c1-c1c(Cl)cc2c(N3CCN(C(=O)OC(C)(C)C)CC3)nc(-c3cncs3)nc2c1F. The van der Waals surface area contributed by atoms with E-state index in [1.54, 1.807) is 28.9 Å². The third-order valence-electron chi connectivity index (χ3n) is 6.83. The molecule has 0 spiro atoms. The van der Waals surface area contributed by atoms with E-state index in [9.17, 15) is 4.79 Å². The molecule has 2 aromatic carbocycles. The first-order chi connectivity index (χ1) is 19.1. The average molecular weight is 580 g/mol. The van der Waals surface area contributed by atoms with E-state index in [1.807, 2.05) is 44.7 Å². The number of nitrogens with one attached hydrogen (secondary N) is 1. The van der Waals surface area contributed by atoms with Crippen molar-refractivity contribution < 1.29 is 13.9 Å². The lowest BCUT2D eigenvalue weighted by molar-refractivity contribution is 0.0240. The molecule has 1 aliphatic rings. The zero-order valence-corrected chi connectivity index (χ0v) is 24.0. The lowest BCUT2D eigenvalue weighted by atomic mass is 9.95. The maximum atomic E-state index is 16.6. The van der Waals surface area contributed by atoms with Gasteiger partial charge >= 0.3 is 6.09 Å². The lowest BCUT2D eigenvalue weighted by Gasteiger charge is -2.36. The Morgan fingerprint density at radius 3 is 2.58 bits per heavy atom. The minimum Gasteiger partial charge on any atom is -0.444 e. The molecule has 12 heteroatoms. The predicted octanol–water partition coefficient (Wildman–Crippen LogP) is 6.45. The van der Waals surface area contributed by atoms with E-state index in [-0.39, 0.29) is 22.2 Å². The van der Waals surface area contributed by atoms with Crippen LogP contribution in [0.4, 0.5) is 15.0 Å². The third kappa shape index (κ3) is 4.73. The number of hydrogen-bond donors (Lipinski definition) is 1. The largest absolute Gasteiger partial charge is 0.444 e. The number of anilines is 1. The smallest absolute Gasteiger partial charge is 0.410 e. The van der Waals surface area contributed by atoms with Crippen molar-refractivity contribution in [3.63, 3.8) is 0 Å². The van der Waals surface area contributed by atoms with Gasteiger partial charge in [-0.3, -0.25) is 10.1 Å². The van der Waals surface area contributed by atoms with Gasteiger partial charge in [0.1, 0.15) is 16.9 Å². The number of nitrogens with zero attached hydrogens (tertiary/aromatic N) is 6. The molecule has 1 amide bonds. The van der Waals surface area contributed by atoms with Crippen LogP contribution < -0.4 is 4.90 Å². The van der Waals surface area contributed by atoms with Crippen molar-refractivity contribution in [2.24, 2.45) is 0 Å². The molecule has 0 bridgehead atoms. The molecule has 1 fully saturated rings. The molecule has 1 saturated heterocycles. The summed E-state index contributed by atoms with van der Waals surface area (Å²) in [6.45, 7) is 9.30. The highest BCUT2D eigenvalue weighted by molar-refractivity contribution is 7.13. The summed E-state index contributed by atoms with van der Waals surface area (Å²) in [5.41, 5.74) is 3.87. The van der Waals surface area contributed by atoms with Crippen molar-refractivity contribution in [3.8, 4) is 21.8 Å². The Morgan fingerprint density at radius 2 is 1.88 bits per heavy atom. The molecule has 4 heterocycles. The average Bonchev–Trinajstić information content (AvgIpc) is 3.61. The number of halogens is 2. The minimum absolute atomic E-state index is 0.169. The molecule has 0 saturated carbocycles. The van der Waals surface area contributed by atoms with Crippen LogP contribution in [-0.2, 0) is 4.74 Å². The number of fused-ring (bicyclic) bond motifs is 2. The number of aromatic nitrogens is 5. The number of benzene rings is 2. The second-order valence-electron chi connectivity index (χ2n) is 10.7. The molecular formula is C28H27ClFN7O2S. The lowest BCUT2D eigenvalue weighted by Crippen LogP contribution is -2.50. The summed E-state index contributed by atoms with van der Waals surface area (Å²) in [5, 5.41) is 8.62. The van der Waals surface area contributed by atoms with Crippen LogP contribution in [0.1, 0.15) is 26.3 Å². The number of carbonyl (C=O) groups excluding carboxylic acids is 1. The van der Waals surface area contributed by atoms with Crippen LogP contribution in [0.5, 0.6) is 0 Å². The number of aryl methyl sites for hydroxylation is 1. The van der Waals surface area contributed by atoms with Crippen LogP contribution in [0, 0.1) is 12.7 Å². The number of amides is 1. The molecule has 0 radical (unpaired) electrons. The second-order valence-corrected chi connectivity index (χ2v) is 12.0. The van der Waals surface area contributed by atoms with E-state index in [0.717, 1.165) is 21.3 Å². The molecule has 0 aliphatic carbocycles. The van der Waals surface area contributed by atoms with E-state index in [0.29, 0.717) is 48.8 Å². The standard InChI is InChI=1S/C28H27ClFN7O2S/c1-15-5-6-19-17(12-32-35-19)21(15)22-18(29)11-16-24(23(22)30)33-25(20-13-31-14-40-20)34-26(16)36-7-9-37(10-8-36)27(38)39-28(2,3)4/h5-6,11-14H,7-10H2,1-4H3,(H,32,35). The van der Waals surface area contributed by atoms with E-state index in [2.05, 4.69) is 20.2 Å². The first-order valence-electron chi connectivity index (χ1n) is 12.9. The zero-order valence-electron chi connectivity index (χ0n) is 22.5. The first kappa shape index (κ1) is 26.4. The highest BCUT2D eigenvalue weighted by Gasteiger charge is 2.29. The van der Waals surface area contributed by atoms with Crippen LogP contribution in [0.3, 0.4) is 0 Å². The molecule has 6 rings (SSSR count).